The summed E-state index contributed by atoms with van der Waals surface area (Å²) in [5.74, 6) is 1.22. The highest BCUT2D eigenvalue weighted by atomic mass is 19.1. The predicted molar refractivity (Wildman–Crippen MR) is 66.0 cm³/mol. The Hall–Kier alpha value is -1.13. The van der Waals surface area contributed by atoms with Crippen LogP contribution in [0.2, 0.25) is 0 Å². The molecule has 1 fully saturated rings. The number of nitrogens with two attached hydrogens (primary N) is 1. The van der Waals surface area contributed by atoms with Crippen LogP contribution in [0.3, 0.4) is 0 Å². The molecule has 3 rings (SSSR count). The van der Waals surface area contributed by atoms with Crippen LogP contribution in [-0.2, 0) is 11.2 Å². The Kier molecular flexibility index (Phi) is 3.22. The van der Waals surface area contributed by atoms with Crippen LogP contribution in [0.1, 0.15) is 18.4 Å². The van der Waals surface area contributed by atoms with Crippen LogP contribution < -0.4 is 10.5 Å². The Bertz CT molecular complexity index is 432. The maximum Gasteiger partial charge on any atom is 0.126 e. The first-order valence-electron chi connectivity index (χ1n) is 6.51. The highest BCUT2D eigenvalue weighted by Gasteiger charge is 2.31. The number of halogens is 1. The molecule has 1 aliphatic carbocycles. The molecular formula is C14H18FNO2. The third-order valence-electron chi connectivity index (χ3n) is 3.81. The lowest BCUT2D eigenvalue weighted by Gasteiger charge is -2.34. The lowest BCUT2D eigenvalue weighted by Crippen LogP contribution is -2.37. The summed E-state index contributed by atoms with van der Waals surface area (Å²) in [6.07, 6.45) is 3.22. The van der Waals surface area contributed by atoms with Crippen molar-refractivity contribution in [3.63, 3.8) is 0 Å². The number of benzene rings is 1. The van der Waals surface area contributed by atoms with Crippen molar-refractivity contribution in [2.45, 2.75) is 31.5 Å². The molecule has 4 heteroatoms. The van der Waals surface area contributed by atoms with Crippen molar-refractivity contribution in [3.05, 3.63) is 29.6 Å². The second-order valence-electron chi connectivity index (χ2n) is 5.22. The van der Waals surface area contributed by atoms with Crippen molar-refractivity contribution < 1.29 is 13.9 Å². The molecule has 98 valence electrons. The molecule has 18 heavy (non-hydrogen) atoms. The van der Waals surface area contributed by atoms with Gasteiger partial charge in [0.1, 0.15) is 17.7 Å². The van der Waals surface area contributed by atoms with Gasteiger partial charge in [-0.25, -0.2) is 4.39 Å². The van der Waals surface area contributed by atoms with Gasteiger partial charge in [-0.3, -0.25) is 0 Å². The Morgan fingerprint density at radius 2 is 2.22 bits per heavy atom. The number of fused-ring (bicyclic) bond motifs is 1. The fourth-order valence-corrected chi connectivity index (χ4v) is 2.63. The summed E-state index contributed by atoms with van der Waals surface area (Å²) in [5.41, 5.74) is 6.51. The zero-order valence-electron chi connectivity index (χ0n) is 10.3. The first-order valence-corrected chi connectivity index (χ1v) is 6.51. The van der Waals surface area contributed by atoms with Crippen molar-refractivity contribution >= 4 is 0 Å². The van der Waals surface area contributed by atoms with E-state index >= 15 is 0 Å². The third kappa shape index (κ3) is 2.35. The number of hydrogen-bond acceptors (Lipinski definition) is 3. The summed E-state index contributed by atoms with van der Waals surface area (Å²) in [4.78, 5) is 0. The minimum absolute atomic E-state index is 0.0266. The van der Waals surface area contributed by atoms with Gasteiger partial charge in [0.2, 0.25) is 0 Å². The largest absolute Gasteiger partial charge is 0.487 e. The van der Waals surface area contributed by atoms with Gasteiger partial charge >= 0.3 is 0 Å². The van der Waals surface area contributed by atoms with Gasteiger partial charge in [0.05, 0.1) is 12.7 Å². The molecule has 0 bridgehead atoms. The van der Waals surface area contributed by atoms with E-state index in [2.05, 4.69) is 0 Å². The molecule has 0 saturated heterocycles. The average Bonchev–Trinajstić information content (AvgIpc) is 2.69. The molecule has 1 aromatic carbocycles. The monoisotopic (exact) mass is 251 g/mol. The zero-order valence-corrected chi connectivity index (χ0v) is 10.3. The molecule has 1 heterocycles. The fourth-order valence-electron chi connectivity index (χ4n) is 2.63. The van der Waals surface area contributed by atoms with E-state index in [1.54, 1.807) is 12.1 Å². The second kappa shape index (κ2) is 4.86. The Labute approximate surface area is 106 Å². The summed E-state index contributed by atoms with van der Waals surface area (Å²) >= 11 is 0. The van der Waals surface area contributed by atoms with E-state index in [-0.39, 0.29) is 11.9 Å². The van der Waals surface area contributed by atoms with E-state index in [1.165, 1.54) is 6.07 Å². The van der Waals surface area contributed by atoms with Gasteiger partial charge in [-0.1, -0.05) is 0 Å². The highest BCUT2D eigenvalue weighted by Crippen LogP contribution is 2.32. The van der Waals surface area contributed by atoms with Crippen LogP contribution in [-0.4, -0.2) is 25.4 Å². The topological polar surface area (TPSA) is 44.5 Å². The molecule has 1 atom stereocenters. The maximum atomic E-state index is 13.1. The van der Waals surface area contributed by atoms with E-state index in [9.17, 15) is 4.39 Å². The number of ether oxygens (including phenoxy) is 2. The molecule has 1 unspecified atom stereocenters. The van der Waals surface area contributed by atoms with Crippen molar-refractivity contribution in [2.24, 2.45) is 11.7 Å². The van der Waals surface area contributed by atoms with Gasteiger partial charge in [-0.2, -0.15) is 0 Å². The minimum atomic E-state index is -0.205. The van der Waals surface area contributed by atoms with Crippen molar-refractivity contribution in [2.75, 3.05) is 13.2 Å². The molecule has 0 aromatic heterocycles. The predicted octanol–water partition coefficient (Wildman–Crippen LogP) is 1.88. The molecule has 1 aliphatic heterocycles. The Morgan fingerprint density at radius 1 is 1.39 bits per heavy atom. The molecular weight excluding hydrogens is 233 g/mol. The molecule has 1 aromatic rings. The summed E-state index contributed by atoms with van der Waals surface area (Å²) in [6.45, 7) is 1.34. The molecule has 1 saturated carbocycles. The fraction of sp³-hybridized carbons (Fsp3) is 0.571. The normalized spacial score (nSPS) is 29.6. The Balaban J connectivity index is 1.47. The van der Waals surface area contributed by atoms with Crippen LogP contribution in [0.4, 0.5) is 4.39 Å². The maximum absolute atomic E-state index is 13.1. The first kappa shape index (κ1) is 11.9. The van der Waals surface area contributed by atoms with Gasteiger partial charge < -0.3 is 15.2 Å². The first-order chi connectivity index (χ1) is 8.74. The van der Waals surface area contributed by atoms with Crippen LogP contribution in [0.15, 0.2) is 18.2 Å². The van der Waals surface area contributed by atoms with Gasteiger partial charge in [0.15, 0.2) is 0 Å². The van der Waals surface area contributed by atoms with E-state index in [4.69, 9.17) is 15.2 Å². The highest BCUT2D eigenvalue weighted by molar-refractivity contribution is 5.37. The number of rotatable bonds is 4. The van der Waals surface area contributed by atoms with E-state index in [0.717, 1.165) is 37.1 Å². The smallest absolute Gasteiger partial charge is 0.126 e. The third-order valence-corrected chi connectivity index (χ3v) is 3.81. The quantitative estimate of drug-likeness (QED) is 0.888. The van der Waals surface area contributed by atoms with E-state index in [0.29, 0.717) is 18.6 Å². The van der Waals surface area contributed by atoms with Crippen molar-refractivity contribution in [3.8, 4) is 5.75 Å². The van der Waals surface area contributed by atoms with Crippen LogP contribution in [0.5, 0.6) is 5.75 Å². The van der Waals surface area contributed by atoms with Gasteiger partial charge in [0, 0.05) is 12.0 Å². The molecule has 0 radical (unpaired) electrons. The SMILES string of the molecule is NCC1CC(OCC2Cc3cc(F)ccc3O2)C1. The van der Waals surface area contributed by atoms with Crippen molar-refractivity contribution in [1.29, 1.82) is 0 Å². The lowest BCUT2D eigenvalue weighted by molar-refractivity contribution is -0.0532. The molecule has 0 amide bonds. The molecule has 2 N–H and O–H groups in total. The van der Waals surface area contributed by atoms with Crippen molar-refractivity contribution in [1.82, 2.24) is 0 Å². The molecule has 2 aliphatic rings. The standard InChI is InChI=1S/C14H18FNO2/c15-11-1-2-14-10(5-11)6-13(18-14)8-17-12-3-9(4-12)7-16/h1-2,5,9,12-13H,3-4,6-8,16H2. The lowest BCUT2D eigenvalue weighted by atomic mass is 9.82. The van der Waals surface area contributed by atoms with Gasteiger partial charge in [-0.05, 0) is 43.5 Å². The summed E-state index contributed by atoms with van der Waals surface area (Å²) in [6, 6.07) is 4.67. The van der Waals surface area contributed by atoms with Crippen LogP contribution in [0.25, 0.3) is 0 Å². The molecule has 0 spiro atoms. The average molecular weight is 251 g/mol. The molecule has 3 nitrogen and oxygen atoms in total. The van der Waals surface area contributed by atoms with E-state index in [1.807, 2.05) is 0 Å². The minimum Gasteiger partial charge on any atom is -0.487 e. The second-order valence-corrected chi connectivity index (χ2v) is 5.22. The number of hydrogen-bond donors (Lipinski definition) is 1. The summed E-state index contributed by atoms with van der Waals surface area (Å²) in [7, 11) is 0. The van der Waals surface area contributed by atoms with E-state index < -0.39 is 0 Å². The Morgan fingerprint density at radius 3 is 3.00 bits per heavy atom. The van der Waals surface area contributed by atoms with Crippen LogP contribution in [0, 0.1) is 11.7 Å². The summed E-state index contributed by atoms with van der Waals surface area (Å²) in [5, 5.41) is 0. The van der Waals surface area contributed by atoms with Gasteiger partial charge in [0.25, 0.3) is 0 Å². The zero-order chi connectivity index (χ0) is 12.5. The van der Waals surface area contributed by atoms with Gasteiger partial charge in [-0.15, -0.1) is 0 Å². The van der Waals surface area contributed by atoms with Crippen LogP contribution >= 0.6 is 0 Å². The summed E-state index contributed by atoms with van der Waals surface area (Å²) < 4.78 is 24.5.